The Bertz CT molecular complexity index is 845. The highest BCUT2D eigenvalue weighted by molar-refractivity contribution is 7.99. The van der Waals surface area contributed by atoms with E-state index in [1.54, 1.807) is 32.2 Å². The van der Waals surface area contributed by atoms with Crippen LogP contribution in [0.1, 0.15) is 37.8 Å². The summed E-state index contributed by atoms with van der Waals surface area (Å²) in [5, 5.41) is 2.87. The fourth-order valence-corrected chi connectivity index (χ4v) is 3.86. The van der Waals surface area contributed by atoms with Crippen LogP contribution in [0.4, 0.5) is 4.39 Å². The minimum Gasteiger partial charge on any atom is -0.497 e. The van der Waals surface area contributed by atoms with Crippen LogP contribution >= 0.6 is 11.8 Å². The van der Waals surface area contributed by atoms with E-state index in [4.69, 9.17) is 4.74 Å². The number of carbonyl (C=O) groups excluding carboxylic acids is 2. The average Bonchev–Trinajstić information content (AvgIpc) is 2.78. The molecule has 0 aromatic heterocycles. The van der Waals surface area contributed by atoms with Gasteiger partial charge in [-0.1, -0.05) is 43.7 Å². The summed E-state index contributed by atoms with van der Waals surface area (Å²) in [6, 6.07) is 13.3. The Labute approximate surface area is 188 Å². The van der Waals surface area contributed by atoms with E-state index in [2.05, 4.69) is 5.32 Å². The van der Waals surface area contributed by atoms with Gasteiger partial charge >= 0.3 is 0 Å². The lowest BCUT2D eigenvalue weighted by molar-refractivity contribution is -0.138. The minimum atomic E-state index is -0.689. The first kappa shape index (κ1) is 24.7. The van der Waals surface area contributed by atoms with Crippen molar-refractivity contribution in [3.8, 4) is 5.75 Å². The molecule has 0 aliphatic heterocycles. The van der Waals surface area contributed by atoms with Crippen molar-refractivity contribution in [2.75, 3.05) is 19.4 Å². The molecule has 0 saturated heterocycles. The van der Waals surface area contributed by atoms with E-state index < -0.39 is 6.04 Å². The second kappa shape index (κ2) is 13.0. The van der Waals surface area contributed by atoms with Crippen molar-refractivity contribution in [2.24, 2.45) is 0 Å². The highest BCUT2D eigenvalue weighted by atomic mass is 32.2. The van der Waals surface area contributed by atoms with Crippen molar-refractivity contribution in [3.63, 3.8) is 0 Å². The maximum absolute atomic E-state index is 14.2. The van der Waals surface area contributed by atoms with E-state index in [1.807, 2.05) is 31.2 Å². The largest absolute Gasteiger partial charge is 0.497 e. The summed E-state index contributed by atoms with van der Waals surface area (Å²) in [5.74, 6) is 0.833. The van der Waals surface area contributed by atoms with E-state index >= 15 is 0 Å². The second-order valence-electron chi connectivity index (χ2n) is 7.27. The van der Waals surface area contributed by atoms with E-state index in [1.165, 1.54) is 22.7 Å². The smallest absolute Gasteiger partial charge is 0.242 e. The van der Waals surface area contributed by atoms with Gasteiger partial charge in [0, 0.05) is 24.4 Å². The van der Waals surface area contributed by atoms with Crippen LogP contribution in [0.5, 0.6) is 5.75 Å². The van der Waals surface area contributed by atoms with Crippen molar-refractivity contribution >= 4 is 23.6 Å². The zero-order chi connectivity index (χ0) is 22.6. The van der Waals surface area contributed by atoms with Crippen molar-refractivity contribution < 1.29 is 18.7 Å². The number of methoxy groups -OCH3 is 1. The zero-order valence-electron chi connectivity index (χ0n) is 18.4. The summed E-state index contributed by atoms with van der Waals surface area (Å²) in [6.45, 7) is 4.35. The predicted octanol–water partition coefficient (Wildman–Crippen LogP) is 4.40. The Kier molecular flexibility index (Phi) is 10.4. The number of hydrogen-bond acceptors (Lipinski definition) is 4. The molecular weight excluding hydrogens is 415 g/mol. The third-order valence-corrected chi connectivity index (χ3v) is 5.94. The Balaban J connectivity index is 2.03. The summed E-state index contributed by atoms with van der Waals surface area (Å²) in [5.41, 5.74) is 1.47. The molecule has 7 heteroatoms. The SMILES string of the molecule is CCCCNC(=O)C(C)N(Cc1ccccc1F)C(=O)CSCc1ccc(OC)cc1. The molecular formula is C24H31FN2O3S. The lowest BCUT2D eigenvalue weighted by atomic mass is 10.1. The quantitative estimate of drug-likeness (QED) is 0.491. The molecule has 31 heavy (non-hydrogen) atoms. The third kappa shape index (κ3) is 7.90. The first-order valence-corrected chi connectivity index (χ1v) is 11.6. The fourth-order valence-electron chi connectivity index (χ4n) is 2.99. The molecule has 0 aliphatic carbocycles. The van der Waals surface area contributed by atoms with E-state index in [0.29, 0.717) is 17.9 Å². The van der Waals surface area contributed by atoms with Crippen LogP contribution in [0.2, 0.25) is 0 Å². The molecule has 1 N–H and O–H groups in total. The zero-order valence-corrected chi connectivity index (χ0v) is 19.2. The van der Waals surface area contributed by atoms with Gasteiger partial charge in [0.1, 0.15) is 17.6 Å². The molecule has 0 aliphatic rings. The van der Waals surface area contributed by atoms with Crippen molar-refractivity contribution in [2.45, 2.75) is 45.0 Å². The maximum atomic E-state index is 14.2. The van der Waals surface area contributed by atoms with Crippen LogP contribution in [0.3, 0.4) is 0 Å². The Morgan fingerprint density at radius 3 is 2.52 bits per heavy atom. The lowest BCUT2D eigenvalue weighted by Crippen LogP contribution is -2.48. The average molecular weight is 447 g/mol. The molecule has 5 nitrogen and oxygen atoms in total. The highest BCUT2D eigenvalue weighted by Gasteiger charge is 2.26. The minimum absolute atomic E-state index is 0.0525. The van der Waals surface area contributed by atoms with Crippen molar-refractivity contribution in [3.05, 3.63) is 65.5 Å². The molecule has 0 fully saturated rings. The number of ether oxygens (including phenoxy) is 1. The topological polar surface area (TPSA) is 58.6 Å². The summed E-state index contributed by atoms with van der Waals surface area (Å²) < 4.78 is 19.4. The molecule has 1 unspecified atom stereocenters. The second-order valence-corrected chi connectivity index (χ2v) is 8.26. The van der Waals surface area contributed by atoms with Gasteiger partial charge in [0.25, 0.3) is 0 Å². The number of thioether (sulfide) groups is 1. The number of nitrogens with one attached hydrogen (secondary N) is 1. The van der Waals surface area contributed by atoms with Crippen LogP contribution in [-0.4, -0.2) is 42.2 Å². The molecule has 0 saturated carbocycles. The molecule has 2 aromatic rings. The normalized spacial score (nSPS) is 11.6. The summed E-state index contributed by atoms with van der Waals surface area (Å²) in [7, 11) is 1.62. The summed E-state index contributed by atoms with van der Waals surface area (Å²) >= 11 is 1.46. The molecule has 1 atom stereocenters. The molecule has 0 heterocycles. The van der Waals surface area contributed by atoms with E-state index in [0.717, 1.165) is 24.2 Å². The maximum Gasteiger partial charge on any atom is 0.242 e. The van der Waals surface area contributed by atoms with E-state index in [9.17, 15) is 14.0 Å². The standard InChI is InChI=1S/C24H31FN2O3S/c1-4-5-14-26-24(29)18(2)27(15-20-8-6-7-9-22(20)25)23(28)17-31-16-19-10-12-21(30-3)13-11-19/h6-13,18H,4-5,14-17H2,1-3H3,(H,26,29). The Hall–Kier alpha value is -2.54. The predicted molar refractivity (Wildman–Crippen MR) is 123 cm³/mol. The van der Waals surface area contributed by atoms with Gasteiger partial charge in [-0.25, -0.2) is 4.39 Å². The number of rotatable bonds is 12. The number of carbonyl (C=O) groups is 2. The summed E-state index contributed by atoms with van der Waals surface area (Å²) in [6.07, 6.45) is 1.84. The molecule has 0 bridgehead atoms. The van der Waals surface area contributed by atoms with Crippen LogP contribution in [0, 0.1) is 5.82 Å². The van der Waals surface area contributed by atoms with Gasteiger partial charge in [-0.3, -0.25) is 9.59 Å². The lowest BCUT2D eigenvalue weighted by Gasteiger charge is -2.29. The highest BCUT2D eigenvalue weighted by Crippen LogP contribution is 2.19. The fraction of sp³-hybridized carbons (Fsp3) is 0.417. The van der Waals surface area contributed by atoms with Gasteiger partial charge in [0.15, 0.2) is 0 Å². The van der Waals surface area contributed by atoms with Crippen molar-refractivity contribution in [1.82, 2.24) is 10.2 Å². The molecule has 2 aromatic carbocycles. The molecule has 2 rings (SSSR count). The number of benzene rings is 2. The molecule has 0 radical (unpaired) electrons. The number of nitrogens with zero attached hydrogens (tertiary/aromatic N) is 1. The van der Waals surface area contributed by atoms with Gasteiger partial charge in [-0.15, -0.1) is 11.8 Å². The van der Waals surface area contributed by atoms with Gasteiger partial charge < -0.3 is 15.0 Å². The van der Waals surface area contributed by atoms with Gasteiger partial charge in [-0.2, -0.15) is 0 Å². The monoisotopic (exact) mass is 446 g/mol. The van der Waals surface area contributed by atoms with Gasteiger partial charge in [-0.05, 0) is 37.1 Å². The first-order chi connectivity index (χ1) is 15.0. The summed E-state index contributed by atoms with van der Waals surface area (Å²) in [4.78, 5) is 27.0. The van der Waals surface area contributed by atoms with Crippen LogP contribution in [0.25, 0.3) is 0 Å². The first-order valence-electron chi connectivity index (χ1n) is 10.5. The number of unbranched alkanes of at least 4 members (excludes halogenated alkanes) is 1. The molecule has 168 valence electrons. The Morgan fingerprint density at radius 1 is 1.16 bits per heavy atom. The van der Waals surface area contributed by atoms with Gasteiger partial charge in [0.2, 0.25) is 11.8 Å². The van der Waals surface area contributed by atoms with E-state index in [-0.39, 0.29) is 29.9 Å². The van der Waals surface area contributed by atoms with Gasteiger partial charge in [0.05, 0.1) is 12.9 Å². The number of amides is 2. The Morgan fingerprint density at radius 2 is 1.87 bits per heavy atom. The van der Waals surface area contributed by atoms with Crippen LogP contribution in [-0.2, 0) is 21.9 Å². The third-order valence-electron chi connectivity index (χ3n) is 4.95. The number of halogens is 1. The molecule has 0 spiro atoms. The molecule has 2 amide bonds. The number of hydrogen-bond donors (Lipinski definition) is 1. The van der Waals surface area contributed by atoms with Crippen molar-refractivity contribution in [1.29, 1.82) is 0 Å². The van der Waals surface area contributed by atoms with Crippen LogP contribution < -0.4 is 10.1 Å². The van der Waals surface area contributed by atoms with Crippen LogP contribution in [0.15, 0.2) is 48.5 Å².